The molecule has 4 aromatic carbocycles. The van der Waals surface area contributed by atoms with Gasteiger partial charge in [-0.05, 0) is 75.6 Å². The summed E-state index contributed by atoms with van der Waals surface area (Å²) in [7, 11) is 0. The van der Waals surface area contributed by atoms with Crippen molar-refractivity contribution in [2.24, 2.45) is 0 Å². The second-order valence-corrected chi connectivity index (χ2v) is 22.3. The zero-order valence-corrected chi connectivity index (χ0v) is 48.9. The molecule has 0 saturated carbocycles. The van der Waals surface area contributed by atoms with Crippen LogP contribution in [0, 0.1) is 0 Å². The molecule has 0 fully saturated rings. The van der Waals surface area contributed by atoms with E-state index in [-0.39, 0.29) is 75.5 Å². The highest BCUT2D eigenvalue weighted by molar-refractivity contribution is 5.69. The topological polar surface area (TPSA) is 290 Å². The average molecular weight is 1210 g/mol. The molecule has 20 heteroatoms. The first-order chi connectivity index (χ1) is 41.5. The SMILES string of the molecule is OCCCC1c2cc3c4c(C[n+]5ccccc5)c2OCOc2c1cc1c(c2C[n+]2ccccc2)OCOc2c(cc5c(c2C[n+]2ccccc2)OCOc2c(cc(c(c2C[n+]2ccccc2)OCO4)C3CCCO)C5CCCO)C1CCCO.[OH-].[OH-].[OH-].[OH-]. The lowest BCUT2D eigenvalue weighted by molar-refractivity contribution is -0.688. The molecule has 0 spiro atoms. The summed E-state index contributed by atoms with van der Waals surface area (Å²) in [6, 6.07) is 33.1. The number of pyridine rings is 4. The fourth-order valence-corrected chi connectivity index (χ4v) is 13.6. The van der Waals surface area contributed by atoms with Gasteiger partial charge in [0.15, 0.2) is 75.8 Å². The molecule has 8 bridgehead atoms. The molecule has 0 amide bonds. The van der Waals surface area contributed by atoms with E-state index in [1.54, 1.807) is 0 Å². The van der Waals surface area contributed by atoms with E-state index in [9.17, 15) is 20.4 Å². The fourth-order valence-electron chi connectivity index (χ4n) is 13.6. The van der Waals surface area contributed by atoms with Gasteiger partial charge in [-0.1, -0.05) is 24.3 Å². The quantitative estimate of drug-likeness (QED) is 0.0550. The van der Waals surface area contributed by atoms with E-state index in [1.165, 1.54) is 0 Å². The minimum atomic E-state index is -0.425. The van der Waals surface area contributed by atoms with Gasteiger partial charge in [0.1, 0.15) is 68.2 Å². The van der Waals surface area contributed by atoms with Crippen LogP contribution in [0.3, 0.4) is 0 Å². The fraction of sp³-hybridized carbons (Fsp3) is 0.353. The minimum Gasteiger partial charge on any atom is -0.870 e. The summed E-state index contributed by atoms with van der Waals surface area (Å²) in [6.07, 6.45) is 20.1. The summed E-state index contributed by atoms with van der Waals surface area (Å²) in [5.41, 5.74) is 10.5. The lowest BCUT2D eigenvalue weighted by Gasteiger charge is -2.37. The molecule has 0 atom stereocenters. The first kappa shape index (κ1) is 64.0. The largest absolute Gasteiger partial charge is 0.870 e. The standard InChI is InChI=1S/C68H72N4O12.4H2O/c73-29-13-17-45-49-33-50-46(18-14-30-74)52-35-54-48(20-16-32-76)56-36-55-47(19-15-31-75)53-34-51(45)63-58(38-70-23-7-2-8-24-70)65(53)81-43-83-67(55)60(40-72-27-11-4-12-28-72)68(56)84-44-82-66(54)59(39-71-25-9-3-10-26-71)64(52)80-42-78-62(50)57(61(49)77-41-79-63)37-69-21-5-1-6-22-69;;;;/h1-12,21-28,33-36,45-48,73-76H,13-20,29-32,37-44H2;4*1H2/q+4;;;;/p-4. The van der Waals surface area contributed by atoms with Crippen LogP contribution in [0.15, 0.2) is 147 Å². The van der Waals surface area contributed by atoms with Crippen molar-refractivity contribution in [1.29, 1.82) is 0 Å². The van der Waals surface area contributed by atoms with Gasteiger partial charge in [0.05, 0.1) is 0 Å². The second kappa shape index (κ2) is 29.0. The summed E-state index contributed by atoms with van der Waals surface area (Å²) in [6.45, 7) is 0.620. The number of ether oxygens (including phenoxy) is 8. The van der Waals surface area contributed by atoms with Gasteiger partial charge in [-0.2, -0.15) is 0 Å². The smallest absolute Gasteiger partial charge is 0.230 e. The Hall–Kier alpha value is -8.44. The van der Waals surface area contributed by atoms with Gasteiger partial charge in [-0.3, -0.25) is 0 Å². The summed E-state index contributed by atoms with van der Waals surface area (Å²) in [5, 5.41) is 43.8. The molecule has 8 aromatic rings. The number of hydrogen-bond acceptors (Lipinski definition) is 16. The molecule has 20 nitrogen and oxygen atoms in total. The van der Waals surface area contributed by atoms with E-state index >= 15 is 0 Å². The number of aliphatic hydroxyl groups excluding tert-OH is 4. The third-order valence-corrected chi connectivity index (χ3v) is 17.2. The Morgan fingerprint density at radius 1 is 0.273 bits per heavy atom. The number of nitrogens with zero attached hydrogens (tertiary/aromatic N) is 4. The van der Waals surface area contributed by atoms with Crippen LogP contribution >= 0.6 is 0 Å². The maximum absolute atomic E-state index is 11.0. The van der Waals surface area contributed by atoms with Crippen molar-refractivity contribution in [3.8, 4) is 46.0 Å². The molecule has 0 unspecified atom stereocenters. The molecule has 0 radical (unpaired) electrons. The first-order valence-corrected chi connectivity index (χ1v) is 29.5. The van der Waals surface area contributed by atoms with Gasteiger partial charge >= 0.3 is 0 Å². The van der Waals surface area contributed by atoms with Crippen LogP contribution in [0.4, 0.5) is 0 Å². The van der Waals surface area contributed by atoms with Crippen molar-refractivity contribution in [2.75, 3.05) is 53.6 Å². The van der Waals surface area contributed by atoms with Gasteiger partial charge in [-0.15, -0.1) is 0 Å². The zero-order chi connectivity index (χ0) is 56.9. The Labute approximate surface area is 510 Å². The Kier molecular flexibility index (Phi) is 21.1. The van der Waals surface area contributed by atoms with Crippen LogP contribution in [0.2, 0.25) is 0 Å². The van der Waals surface area contributed by atoms with E-state index < -0.39 is 23.7 Å². The summed E-state index contributed by atoms with van der Waals surface area (Å²) in [5.74, 6) is 3.27. The van der Waals surface area contributed by atoms with Gasteiger partial charge in [-0.25, -0.2) is 18.3 Å². The second-order valence-electron chi connectivity index (χ2n) is 22.3. The first-order valence-electron chi connectivity index (χ1n) is 29.5. The molecule has 5 aliphatic rings. The summed E-state index contributed by atoms with van der Waals surface area (Å²) < 4.78 is 65.2. The predicted molar refractivity (Wildman–Crippen MR) is 314 cm³/mol. The van der Waals surface area contributed by atoms with Crippen LogP contribution in [-0.4, -0.2) is 95.9 Å². The van der Waals surface area contributed by atoms with Crippen LogP contribution in [-0.2, 0) is 26.2 Å². The average Bonchev–Trinajstić information content (AvgIpc) is 0.838. The van der Waals surface area contributed by atoms with E-state index in [4.69, 9.17) is 37.9 Å². The summed E-state index contributed by atoms with van der Waals surface area (Å²) in [4.78, 5) is 0. The van der Waals surface area contributed by atoms with E-state index in [1.807, 2.05) is 122 Å². The molecule has 0 saturated heterocycles. The van der Waals surface area contributed by atoms with E-state index in [0.29, 0.717) is 124 Å². The number of aromatic nitrogens is 4. The molecule has 464 valence electrons. The molecular formula is C68H76N4O16. The van der Waals surface area contributed by atoms with Crippen molar-refractivity contribution in [3.63, 3.8) is 0 Å². The molecular weight excluding hydrogens is 1130 g/mol. The number of rotatable bonds is 20. The molecule has 8 heterocycles. The monoisotopic (exact) mass is 1200 g/mol. The normalized spacial score (nSPS) is 16.9. The third kappa shape index (κ3) is 12.4. The molecule has 1 aliphatic carbocycles. The maximum atomic E-state index is 11.0. The predicted octanol–water partition coefficient (Wildman–Crippen LogP) is 7.17. The van der Waals surface area contributed by atoms with Gasteiger partial charge in [0.2, 0.25) is 27.2 Å². The zero-order valence-electron chi connectivity index (χ0n) is 48.9. The lowest BCUT2D eigenvalue weighted by atomic mass is 9.74. The number of aliphatic hydroxyl groups is 4. The van der Waals surface area contributed by atoms with Gasteiger partial charge in [0, 0.05) is 143 Å². The Balaban J connectivity index is 0.00000230. The van der Waals surface area contributed by atoms with Crippen LogP contribution < -0.4 is 56.2 Å². The van der Waals surface area contributed by atoms with Crippen LogP contribution in [0.25, 0.3) is 0 Å². The highest BCUT2D eigenvalue weighted by Crippen LogP contribution is 2.58. The van der Waals surface area contributed by atoms with E-state index in [0.717, 1.165) is 66.8 Å². The van der Waals surface area contributed by atoms with Gasteiger partial charge in [0.25, 0.3) is 0 Å². The highest BCUT2D eigenvalue weighted by Gasteiger charge is 2.43. The Morgan fingerprint density at radius 2 is 0.443 bits per heavy atom. The highest BCUT2D eigenvalue weighted by atomic mass is 16.7. The van der Waals surface area contributed by atoms with Gasteiger partial charge < -0.3 is 80.2 Å². The molecule has 88 heavy (non-hydrogen) atoms. The Bertz CT molecular complexity index is 3040. The van der Waals surface area contributed by atoms with Crippen molar-refractivity contribution < 1.29 is 98.5 Å². The third-order valence-electron chi connectivity index (χ3n) is 17.2. The van der Waals surface area contributed by atoms with E-state index in [2.05, 4.69) is 42.5 Å². The van der Waals surface area contributed by atoms with Crippen molar-refractivity contribution in [3.05, 3.63) is 213 Å². The molecule has 13 rings (SSSR count). The maximum Gasteiger partial charge on any atom is 0.230 e. The van der Waals surface area contributed by atoms with Crippen LogP contribution in [0.5, 0.6) is 46.0 Å². The van der Waals surface area contributed by atoms with Crippen molar-refractivity contribution in [2.45, 2.75) is 101 Å². The molecule has 8 N–H and O–H groups in total. The van der Waals surface area contributed by atoms with Crippen molar-refractivity contribution in [1.82, 2.24) is 0 Å². The molecule has 4 aromatic heterocycles. The van der Waals surface area contributed by atoms with Crippen molar-refractivity contribution >= 4 is 0 Å². The van der Waals surface area contributed by atoms with Crippen LogP contribution in [0.1, 0.15) is 142 Å². The Morgan fingerprint density at radius 3 is 0.602 bits per heavy atom. The number of benzene rings is 4. The lowest BCUT2D eigenvalue weighted by Crippen LogP contribution is -2.36. The molecule has 4 aliphatic heterocycles. The minimum absolute atomic E-state index is 0. The summed E-state index contributed by atoms with van der Waals surface area (Å²) >= 11 is 0. The number of hydrogen-bond donors (Lipinski definition) is 4.